The molecular formula is C15H30N2. The molecule has 0 spiro atoms. The van der Waals surface area contributed by atoms with Crippen LogP contribution in [0.4, 0.5) is 0 Å². The average Bonchev–Trinajstić information content (AvgIpc) is 2.36. The first kappa shape index (κ1) is 13.4. The van der Waals surface area contributed by atoms with Crippen molar-refractivity contribution >= 4 is 0 Å². The van der Waals surface area contributed by atoms with E-state index in [1.54, 1.807) is 0 Å². The Morgan fingerprint density at radius 3 is 2.29 bits per heavy atom. The highest BCUT2D eigenvalue weighted by atomic mass is 15.2. The predicted molar refractivity (Wildman–Crippen MR) is 73.9 cm³/mol. The number of hydrogen-bond donors (Lipinski definition) is 1. The van der Waals surface area contributed by atoms with Crippen molar-refractivity contribution in [3.8, 4) is 0 Å². The summed E-state index contributed by atoms with van der Waals surface area (Å²) in [6.45, 7) is 8.44. The topological polar surface area (TPSA) is 29.3 Å². The maximum atomic E-state index is 5.76. The fourth-order valence-corrected chi connectivity index (χ4v) is 3.66. The van der Waals surface area contributed by atoms with Gasteiger partial charge in [0.1, 0.15) is 0 Å². The number of nitrogens with two attached hydrogens (primary N) is 1. The molecule has 2 atom stereocenters. The van der Waals surface area contributed by atoms with Crippen LogP contribution in [0.25, 0.3) is 0 Å². The highest BCUT2D eigenvalue weighted by molar-refractivity contribution is 4.82. The van der Waals surface area contributed by atoms with E-state index in [0.29, 0.717) is 0 Å². The van der Waals surface area contributed by atoms with Crippen LogP contribution >= 0.6 is 0 Å². The summed E-state index contributed by atoms with van der Waals surface area (Å²) in [7, 11) is 0. The summed E-state index contributed by atoms with van der Waals surface area (Å²) in [5, 5.41) is 0. The van der Waals surface area contributed by atoms with E-state index >= 15 is 0 Å². The molecule has 2 N–H and O–H groups in total. The van der Waals surface area contributed by atoms with Gasteiger partial charge in [0.05, 0.1) is 0 Å². The van der Waals surface area contributed by atoms with Gasteiger partial charge in [-0.15, -0.1) is 0 Å². The molecule has 17 heavy (non-hydrogen) atoms. The molecule has 0 amide bonds. The highest BCUT2D eigenvalue weighted by Crippen LogP contribution is 2.31. The SMILES string of the molecule is CC1CCCN(CC2CCC(CN)CC2)C1C. The minimum absolute atomic E-state index is 0.802. The van der Waals surface area contributed by atoms with Gasteiger partial charge in [0.15, 0.2) is 0 Å². The van der Waals surface area contributed by atoms with Crippen LogP contribution in [0, 0.1) is 17.8 Å². The molecule has 0 bridgehead atoms. The molecule has 2 fully saturated rings. The largest absolute Gasteiger partial charge is 0.330 e. The number of likely N-dealkylation sites (tertiary alicyclic amines) is 1. The summed E-state index contributed by atoms with van der Waals surface area (Å²) in [6.07, 6.45) is 8.41. The van der Waals surface area contributed by atoms with Gasteiger partial charge in [-0.3, -0.25) is 0 Å². The van der Waals surface area contributed by atoms with Crippen molar-refractivity contribution in [2.75, 3.05) is 19.6 Å². The molecule has 2 rings (SSSR count). The third-order valence-corrected chi connectivity index (χ3v) is 5.30. The summed E-state index contributed by atoms with van der Waals surface area (Å²) >= 11 is 0. The normalized spacial score (nSPS) is 40.4. The maximum Gasteiger partial charge on any atom is 0.00926 e. The lowest BCUT2D eigenvalue weighted by Gasteiger charge is -2.41. The van der Waals surface area contributed by atoms with Crippen molar-refractivity contribution < 1.29 is 0 Å². The summed E-state index contributed by atoms with van der Waals surface area (Å²) in [5.41, 5.74) is 5.76. The Morgan fingerprint density at radius 2 is 1.65 bits per heavy atom. The summed E-state index contributed by atoms with van der Waals surface area (Å²) < 4.78 is 0. The van der Waals surface area contributed by atoms with Crippen molar-refractivity contribution in [2.45, 2.75) is 58.4 Å². The van der Waals surface area contributed by atoms with Gasteiger partial charge in [-0.1, -0.05) is 6.92 Å². The van der Waals surface area contributed by atoms with Crippen molar-refractivity contribution in [1.29, 1.82) is 0 Å². The first-order valence-corrected chi connectivity index (χ1v) is 7.64. The number of nitrogens with zero attached hydrogens (tertiary/aromatic N) is 1. The molecule has 2 aliphatic rings. The van der Waals surface area contributed by atoms with E-state index in [1.165, 1.54) is 51.6 Å². The lowest BCUT2D eigenvalue weighted by Crippen LogP contribution is -2.45. The number of hydrogen-bond acceptors (Lipinski definition) is 2. The van der Waals surface area contributed by atoms with Crippen LogP contribution in [0.3, 0.4) is 0 Å². The zero-order chi connectivity index (χ0) is 12.3. The lowest BCUT2D eigenvalue weighted by molar-refractivity contribution is 0.0823. The minimum Gasteiger partial charge on any atom is -0.330 e. The van der Waals surface area contributed by atoms with Gasteiger partial charge in [0, 0.05) is 12.6 Å². The molecular weight excluding hydrogens is 208 g/mol. The van der Waals surface area contributed by atoms with Gasteiger partial charge < -0.3 is 10.6 Å². The second kappa shape index (κ2) is 6.19. The molecule has 0 aromatic carbocycles. The Labute approximate surface area is 107 Å². The predicted octanol–water partition coefficient (Wildman–Crippen LogP) is 2.87. The molecule has 1 aliphatic heterocycles. The Bertz CT molecular complexity index is 221. The quantitative estimate of drug-likeness (QED) is 0.819. The Morgan fingerprint density at radius 1 is 1.00 bits per heavy atom. The molecule has 0 aromatic rings. The van der Waals surface area contributed by atoms with Crippen LogP contribution < -0.4 is 5.73 Å². The summed E-state index contributed by atoms with van der Waals surface area (Å²) in [4.78, 5) is 2.75. The lowest BCUT2D eigenvalue weighted by atomic mass is 9.81. The molecule has 2 unspecified atom stereocenters. The fourth-order valence-electron chi connectivity index (χ4n) is 3.66. The van der Waals surface area contributed by atoms with Gasteiger partial charge in [-0.05, 0) is 76.3 Å². The van der Waals surface area contributed by atoms with Crippen molar-refractivity contribution in [3.05, 3.63) is 0 Å². The minimum atomic E-state index is 0.802. The van der Waals surface area contributed by atoms with E-state index in [-0.39, 0.29) is 0 Å². The van der Waals surface area contributed by atoms with Crippen LogP contribution in [0.15, 0.2) is 0 Å². The van der Waals surface area contributed by atoms with E-state index < -0.39 is 0 Å². The first-order valence-electron chi connectivity index (χ1n) is 7.64. The Kier molecular flexibility index (Phi) is 4.87. The molecule has 1 heterocycles. The average molecular weight is 238 g/mol. The molecule has 1 saturated heterocycles. The summed E-state index contributed by atoms with van der Waals surface area (Å²) in [5.74, 6) is 2.67. The Hall–Kier alpha value is -0.0800. The standard InChI is InChI=1S/C15H30N2/c1-12-4-3-9-17(13(12)2)11-15-7-5-14(10-16)6-8-15/h12-15H,3-11,16H2,1-2H3. The molecule has 100 valence electrons. The van der Waals surface area contributed by atoms with E-state index in [2.05, 4.69) is 18.7 Å². The van der Waals surface area contributed by atoms with Crippen LogP contribution in [-0.4, -0.2) is 30.6 Å². The zero-order valence-corrected chi connectivity index (χ0v) is 11.7. The van der Waals surface area contributed by atoms with E-state index in [4.69, 9.17) is 5.73 Å². The smallest absolute Gasteiger partial charge is 0.00926 e. The maximum absolute atomic E-state index is 5.76. The molecule has 0 radical (unpaired) electrons. The van der Waals surface area contributed by atoms with Gasteiger partial charge >= 0.3 is 0 Å². The molecule has 0 aromatic heterocycles. The summed E-state index contributed by atoms with van der Waals surface area (Å²) in [6, 6.07) is 0.802. The third-order valence-electron chi connectivity index (χ3n) is 5.30. The Balaban J connectivity index is 1.77. The number of piperidine rings is 1. The van der Waals surface area contributed by atoms with Crippen LogP contribution in [-0.2, 0) is 0 Å². The fraction of sp³-hybridized carbons (Fsp3) is 1.00. The van der Waals surface area contributed by atoms with Crippen molar-refractivity contribution in [3.63, 3.8) is 0 Å². The number of rotatable bonds is 3. The molecule has 2 nitrogen and oxygen atoms in total. The molecule has 1 saturated carbocycles. The van der Waals surface area contributed by atoms with Gasteiger partial charge in [-0.25, -0.2) is 0 Å². The van der Waals surface area contributed by atoms with Crippen LogP contribution in [0.2, 0.25) is 0 Å². The van der Waals surface area contributed by atoms with E-state index in [9.17, 15) is 0 Å². The van der Waals surface area contributed by atoms with Crippen molar-refractivity contribution in [1.82, 2.24) is 4.90 Å². The third kappa shape index (κ3) is 3.45. The van der Waals surface area contributed by atoms with E-state index in [0.717, 1.165) is 30.3 Å². The highest BCUT2D eigenvalue weighted by Gasteiger charge is 2.28. The van der Waals surface area contributed by atoms with Crippen molar-refractivity contribution in [2.24, 2.45) is 23.5 Å². The van der Waals surface area contributed by atoms with Crippen LogP contribution in [0.5, 0.6) is 0 Å². The molecule has 1 aliphatic carbocycles. The first-order chi connectivity index (χ1) is 8.20. The second-order valence-corrected chi connectivity index (χ2v) is 6.48. The van der Waals surface area contributed by atoms with Gasteiger partial charge in [0.25, 0.3) is 0 Å². The van der Waals surface area contributed by atoms with Gasteiger partial charge in [0.2, 0.25) is 0 Å². The van der Waals surface area contributed by atoms with Gasteiger partial charge in [-0.2, -0.15) is 0 Å². The van der Waals surface area contributed by atoms with Crippen LogP contribution in [0.1, 0.15) is 52.4 Å². The zero-order valence-electron chi connectivity index (χ0n) is 11.7. The monoisotopic (exact) mass is 238 g/mol. The molecule has 2 heteroatoms. The van der Waals surface area contributed by atoms with E-state index in [1.807, 2.05) is 0 Å². The second-order valence-electron chi connectivity index (χ2n) is 6.48.